The second-order valence-electron chi connectivity index (χ2n) is 6.27. The molecule has 0 amide bonds. The molecule has 0 aromatic heterocycles. The molecule has 0 spiro atoms. The van der Waals surface area contributed by atoms with Crippen LogP contribution in [-0.4, -0.2) is 6.54 Å². The largest absolute Gasteiger partial charge is 0.327 e. The summed E-state index contributed by atoms with van der Waals surface area (Å²) in [5.41, 5.74) is 11.8. The zero-order chi connectivity index (χ0) is 19.2. The number of benzene rings is 3. The van der Waals surface area contributed by atoms with Crippen LogP contribution in [0.3, 0.4) is 0 Å². The molecule has 0 unspecified atom stereocenters. The number of thioether (sulfide) groups is 1. The van der Waals surface area contributed by atoms with E-state index in [1.54, 1.807) is 17.8 Å². The van der Waals surface area contributed by atoms with Crippen LogP contribution < -0.4 is 5.73 Å². The van der Waals surface area contributed by atoms with Gasteiger partial charge in [0, 0.05) is 27.2 Å². The molecule has 1 nitrogen and oxygen atoms in total. The van der Waals surface area contributed by atoms with Crippen LogP contribution in [0, 0.1) is 0 Å². The Labute approximate surface area is 175 Å². The Morgan fingerprint density at radius 1 is 0.889 bits per heavy atom. The Kier molecular flexibility index (Phi) is 7.03. The predicted octanol–water partition coefficient (Wildman–Crippen LogP) is 7.07. The average Bonchev–Trinajstić information content (AvgIpc) is 2.69. The Balaban J connectivity index is 1.79. The van der Waals surface area contributed by atoms with E-state index in [-0.39, 0.29) is 0 Å². The van der Waals surface area contributed by atoms with Gasteiger partial charge in [-0.25, -0.2) is 0 Å². The third-order valence-corrected chi connectivity index (χ3v) is 6.00. The maximum Gasteiger partial charge on any atom is 0.0461 e. The summed E-state index contributed by atoms with van der Waals surface area (Å²) in [5, 5.41) is 1.37. The fourth-order valence-corrected chi connectivity index (χ4v) is 4.34. The first-order valence-electron chi connectivity index (χ1n) is 8.71. The van der Waals surface area contributed by atoms with Crippen molar-refractivity contribution in [3.05, 3.63) is 105 Å². The number of nitrogens with two attached hydrogens (primary N) is 1. The molecule has 27 heavy (non-hydrogen) atoms. The summed E-state index contributed by atoms with van der Waals surface area (Å²) in [4.78, 5) is 1.20. The molecule has 2 N–H and O–H groups in total. The molecule has 3 aromatic rings. The van der Waals surface area contributed by atoms with Crippen molar-refractivity contribution in [2.24, 2.45) is 5.73 Å². The first-order valence-corrected chi connectivity index (χ1v) is 10.4. The van der Waals surface area contributed by atoms with E-state index in [1.165, 1.54) is 27.2 Å². The molecule has 0 saturated heterocycles. The molecule has 0 atom stereocenters. The SMILES string of the molecule is CC(CN)=C(c1ccccc1)c1ccc(SCc2ccc(Cl)cc2Cl)cc1. The molecule has 0 aliphatic rings. The van der Waals surface area contributed by atoms with E-state index in [2.05, 4.69) is 55.5 Å². The molecule has 0 radical (unpaired) electrons. The molecule has 0 aliphatic carbocycles. The fourth-order valence-electron chi connectivity index (χ4n) is 2.88. The summed E-state index contributed by atoms with van der Waals surface area (Å²) >= 11 is 14.0. The lowest BCUT2D eigenvalue weighted by Crippen LogP contribution is -2.04. The van der Waals surface area contributed by atoms with Crippen LogP contribution in [0.4, 0.5) is 0 Å². The Morgan fingerprint density at radius 3 is 2.19 bits per heavy atom. The van der Waals surface area contributed by atoms with Gasteiger partial charge in [0.05, 0.1) is 0 Å². The van der Waals surface area contributed by atoms with Crippen molar-refractivity contribution < 1.29 is 0 Å². The summed E-state index contributed by atoms with van der Waals surface area (Å²) in [6, 6.07) is 24.6. The van der Waals surface area contributed by atoms with Crippen molar-refractivity contribution in [3.8, 4) is 0 Å². The number of hydrogen-bond donors (Lipinski definition) is 1. The average molecular weight is 414 g/mol. The van der Waals surface area contributed by atoms with E-state index >= 15 is 0 Å². The molecule has 3 rings (SSSR count). The van der Waals surface area contributed by atoms with Crippen LogP contribution in [0.25, 0.3) is 5.57 Å². The van der Waals surface area contributed by atoms with Gasteiger partial charge in [-0.15, -0.1) is 11.8 Å². The smallest absolute Gasteiger partial charge is 0.0461 e. The van der Waals surface area contributed by atoms with Crippen LogP contribution >= 0.6 is 35.0 Å². The van der Waals surface area contributed by atoms with Crippen molar-refractivity contribution in [2.45, 2.75) is 17.6 Å². The third kappa shape index (κ3) is 5.18. The van der Waals surface area contributed by atoms with E-state index in [4.69, 9.17) is 28.9 Å². The minimum atomic E-state index is 0.537. The molecule has 0 saturated carbocycles. The standard InChI is InChI=1S/C23H21Cl2NS/c1-16(14-26)23(17-5-3-2-4-6-17)18-8-11-21(12-9-18)27-15-19-7-10-20(24)13-22(19)25/h2-13H,14-15,26H2,1H3. The molecular formula is C23H21Cl2NS. The quantitative estimate of drug-likeness (QED) is 0.437. The van der Waals surface area contributed by atoms with Crippen LogP contribution in [-0.2, 0) is 5.75 Å². The van der Waals surface area contributed by atoms with Gasteiger partial charge in [-0.3, -0.25) is 0 Å². The van der Waals surface area contributed by atoms with E-state index in [0.29, 0.717) is 16.6 Å². The molecule has 0 aliphatic heterocycles. The highest BCUT2D eigenvalue weighted by Gasteiger charge is 2.09. The molecular weight excluding hydrogens is 393 g/mol. The van der Waals surface area contributed by atoms with Crippen LogP contribution in [0.5, 0.6) is 0 Å². The maximum atomic E-state index is 6.27. The number of hydrogen-bond acceptors (Lipinski definition) is 2. The predicted molar refractivity (Wildman–Crippen MR) is 120 cm³/mol. The van der Waals surface area contributed by atoms with Gasteiger partial charge < -0.3 is 5.73 Å². The topological polar surface area (TPSA) is 26.0 Å². The van der Waals surface area contributed by atoms with Crippen molar-refractivity contribution in [1.82, 2.24) is 0 Å². The summed E-state index contributed by atoms with van der Waals surface area (Å²) in [6.45, 7) is 2.63. The van der Waals surface area contributed by atoms with Crippen LogP contribution in [0.1, 0.15) is 23.6 Å². The van der Waals surface area contributed by atoms with E-state index in [9.17, 15) is 0 Å². The van der Waals surface area contributed by atoms with Gasteiger partial charge >= 0.3 is 0 Å². The lowest BCUT2D eigenvalue weighted by molar-refractivity contribution is 1.14. The Morgan fingerprint density at radius 2 is 1.56 bits per heavy atom. The molecule has 0 bridgehead atoms. The highest BCUT2D eigenvalue weighted by Crippen LogP contribution is 2.31. The van der Waals surface area contributed by atoms with Gasteiger partial charge in [0.15, 0.2) is 0 Å². The highest BCUT2D eigenvalue weighted by molar-refractivity contribution is 7.98. The number of halogens is 2. The minimum Gasteiger partial charge on any atom is -0.327 e. The van der Waals surface area contributed by atoms with Gasteiger partial charge in [0.25, 0.3) is 0 Å². The van der Waals surface area contributed by atoms with E-state index in [1.807, 2.05) is 18.2 Å². The maximum absolute atomic E-state index is 6.27. The molecule has 138 valence electrons. The van der Waals surface area contributed by atoms with Crippen molar-refractivity contribution in [3.63, 3.8) is 0 Å². The zero-order valence-corrected chi connectivity index (χ0v) is 17.4. The van der Waals surface area contributed by atoms with E-state index in [0.717, 1.165) is 11.3 Å². The summed E-state index contributed by atoms with van der Waals surface area (Å²) < 4.78 is 0. The second kappa shape index (κ2) is 9.48. The monoisotopic (exact) mass is 413 g/mol. The second-order valence-corrected chi connectivity index (χ2v) is 8.17. The van der Waals surface area contributed by atoms with Gasteiger partial charge in [-0.05, 0) is 53.5 Å². The summed E-state index contributed by atoms with van der Waals surface area (Å²) in [5.74, 6) is 0.804. The van der Waals surface area contributed by atoms with Crippen molar-refractivity contribution in [2.75, 3.05) is 6.54 Å². The minimum absolute atomic E-state index is 0.537. The van der Waals surface area contributed by atoms with Crippen molar-refractivity contribution in [1.29, 1.82) is 0 Å². The lowest BCUT2D eigenvalue weighted by atomic mass is 9.94. The fraction of sp³-hybridized carbons (Fsp3) is 0.130. The van der Waals surface area contributed by atoms with E-state index < -0.39 is 0 Å². The first kappa shape index (κ1) is 20.0. The van der Waals surface area contributed by atoms with Gasteiger partial charge in [-0.1, -0.05) is 77.3 Å². The lowest BCUT2D eigenvalue weighted by Gasteiger charge is -2.13. The normalized spacial score (nSPS) is 12.0. The number of rotatable bonds is 6. The Bertz CT molecular complexity index is 934. The van der Waals surface area contributed by atoms with Crippen molar-refractivity contribution >= 4 is 40.5 Å². The third-order valence-electron chi connectivity index (χ3n) is 4.35. The van der Waals surface area contributed by atoms with Gasteiger partial charge in [0.2, 0.25) is 0 Å². The first-order chi connectivity index (χ1) is 13.1. The van der Waals surface area contributed by atoms with Gasteiger partial charge in [0.1, 0.15) is 0 Å². The van der Waals surface area contributed by atoms with Crippen LogP contribution in [0.15, 0.2) is 83.3 Å². The zero-order valence-electron chi connectivity index (χ0n) is 15.1. The molecule has 0 fully saturated rings. The Hall–Kier alpha value is -1.71. The summed E-state index contributed by atoms with van der Waals surface area (Å²) in [7, 11) is 0. The molecule has 4 heteroatoms. The summed E-state index contributed by atoms with van der Waals surface area (Å²) in [6.07, 6.45) is 0. The highest BCUT2D eigenvalue weighted by atomic mass is 35.5. The molecule has 3 aromatic carbocycles. The molecule has 0 heterocycles. The van der Waals surface area contributed by atoms with Gasteiger partial charge in [-0.2, -0.15) is 0 Å². The van der Waals surface area contributed by atoms with Crippen LogP contribution in [0.2, 0.25) is 10.0 Å².